The highest BCUT2D eigenvalue weighted by Crippen LogP contribution is 2.40. The molecule has 0 aliphatic heterocycles. The molecule has 16 heavy (non-hydrogen) atoms. The summed E-state index contributed by atoms with van der Waals surface area (Å²) in [4.78, 5) is 4.47. The molecular formula is C14H18N2. The van der Waals surface area contributed by atoms with Crippen molar-refractivity contribution >= 4 is 5.65 Å². The summed E-state index contributed by atoms with van der Waals surface area (Å²) in [7, 11) is 0. The molecule has 1 aliphatic rings. The van der Waals surface area contributed by atoms with Gasteiger partial charge < -0.3 is 4.40 Å². The van der Waals surface area contributed by atoms with Crippen molar-refractivity contribution in [2.75, 3.05) is 0 Å². The lowest BCUT2D eigenvalue weighted by molar-refractivity contribution is 0.563. The highest BCUT2D eigenvalue weighted by molar-refractivity contribution is 5.44. The number of nitrogens with zero attached hydrogens (tertiary/aromatic N) is 2. The lowest BCUT2D eigenvalue weighted by Crippen LogP contribution is -2.14. The first-order chi connectivity index (χ1) is 7.55. The minimum Gasteiger partial charge on any atom is -0.303 e. The maximum Gasteiger partial charge on any atom is 0.136 e. The first-order valence-corrected chi connectivity index (χ1v) is 6.03. The molecule has 0 atom stereocenters. The SMILES string of the molecule is CC(C)(C)c1cnc2ccc(C3CC3)cn12. The molecule has 2 aromatic rings. The maximum absolute atomic E-state index is 4.47. The van der Waals surface area contributed by atoms with Crippen LogP contribution in [0, 0.1) is 0 Å². The zero-order chi connectivity index (χ0) is 11.3. The lowest BCUT2D eigenvalue weighted by Gasteiger charge is -2.18. The Labute approximate surface area is 96.3 Å². The highest BCUT2D eigenvalue weighted by Gasteiger charge is 2.25. The predicted octanol–water partition coefficient (Wildman–Crippen LogP) is 3.51. The van der Waals surface area contributed by atoms with Crippen molar-refractivity contribution in [1.29, 1.82) is 0 Å². The topological polar surface area (TPSA) is 17.3 Å². The van der Waals surface area contributed by atoms with Crippen molar-refractivity contribution in [3.63, 3.8) is 0 Å². The third kappa shape index (κ3) is 1.53. The predicted molar refractivity (Wildman–Crippen MR) is 65.9 cm³/mol. The molecule has 1 saturated carbocycles. The van der Waals surface area contributed by atoms with E-state index in [1.54, 1.807) is 0 Å². The van der Waals surface area contributed by atoms with Crippen molar-refractivity contribution in [3.05, 3.63) is 35.8 Å². The van der Waals surface area contributed by atoms with E-state index < -0.39 is 0 Å². The van der Waals surface area contributed by atoms with E-state index in [4.69, 9.17) is 0 Å². The zero-order valence-corrected chi connectivity index (χ0v) is 10.2. The van der Waals surface area contributed by atoms with Crippen LogP contribution in [0.3, 0.4) is 0 Å². The maximum atomic E-state index is 4.47. The van der Waals surface area contributed by atoms with Gasteiger partial charge in [-0.25, -0.2) is 4.98 Å². The van der Waals surface area contributed by atoms with Gasteiger partial charge in [-0.15, -0.1) is 0 Å². The number of hydrogen-bond donors (Lipinski definition) is 0. The Morgan fingerprint density at radius 1 is 1.25 bits per heavy atom. The summed E-state index contributed by atoms with van der Waals surface area (Å²) in [6.07, 6.45) is 6.99. The van der Waals surface area contributed by atoms with Crippen LogP contribution in [0.1, 0.15) is 50.8 Å². The van der Waals surface area contributed by atoms with Crippen LogP contribution in [-0.2, 0) is 5.41 Å². The molecule has 3 rings (SSSR count). The van der Waals surface area contributed by atoms with Crippen LogP contribution in [0.2, 0.25) is 0 Å². The molecule has 0 spiro atoms. The van der Waals surface area contributed by atoms with Crippen LogP contribution in [0.4, 0.5) is 0 Å². The number of pyridine rings is 1. The van der Waals surface area contributed by atoms with E-state index in [2.05, 4.69) is 48.5 Å². The summed E-state index contributed by atoms with van der Waals surface area (Å²) in [6, 6.07) is 4.37. The van der Waals surface area contributed by atoms with Crippen molar-refractivity contribution in [2.45, 2.75) is 44.9 Å². The molecular weight excluding hydrogens is 196 g/mol. The van der Waals surface area contributed by atoms with Crippen LogP contribution in [0.5, 0.6) is 0 Å². The van der Waals surface area contributed by atoms with Crippen LogP contribution in [0.25, 0.3) is 5.65 Å². The number of aromatic nitrogens is 2. The second-order valence-electron chi connectivity index (χ2n) is 5.86. The second kappa shape index (κ2) is 3.09. The molecule has 0 saturated heterocycles. The Hall–Kier alpha value is -1.31. The zero-order valence-electron chi connectivity index (χ0n) is 10.2. The summed E-state index contributed by atoms with van der Waals surface area (Å²) in [5.41, 5.74) is 3.98. The van der Waals surface area contributed by atoms with Crippen molar-refractivity contribution in [1.82, 2.24) is 9.38 Å². The number of hydrogen-bond acceptors (Lipinski definition) is 1. The van der Waals surface area contributed by atoms with Crippen LogP contribution in [0.15, 0.2) is 24.5 Å². The fourth-order valence-electron chi connectivity index (χ4n) is 2.21. The van der Waals surface area contributed by atoms with E-state index in [0.29, 0.717) is 0 Å². The number of fused-ring (bicyclic) bond motifs is 1. The van der Waals surface area contributed by atoms with Gasteiger partial charge in [0.25, 0.3) is 0 Å². The van der Waals surface area contributed by atoms with Crippen molar-refractivity contribution < 1.29 is 0 Å². The Kier molecular flexibility index (Phi) is 1.91. The molecule has 2 nitrogen and oxygen atoms in total. The minimum absolute atomic E-state index is 0.154. The molecule has 84 valence electrons. The fraction of sp³-hybridized carbons (Fsp3) is 0.500. The molecule has 1 aliphatic carbocycles. The Morgan fingerprint density at radius 3 is 2.62 bits per heavy atom. The van der Waals surface area contributed by atoms with Crippen molar-refractivity contribution in [3.8, 4) is 0 Å². The van der Waals surface area contributed by atoms with Gasteiger partial charge in [0.05, 0.1) is 0 Å². The van der Waals surface area contributed by atoms with Crippen molar-refractivity contribution in [2.24, 2.45) is 0 Å². The lowest BCUT2D eigenvalue weighted by atomic mass is 9.93. The summed E-state index contributed by atoms with van der Waals surface area (Å²) in [5, 5.41) is 0. The Balaban J connectivity index is 2.19. The summed E-state index contributed by atoms with van der Waals surface area (Å²) in [5.74, 6) is 0.805. The first kappa shape index (κ1) is 9.88. The van der Waals surface area contributed by atoms with E-state index in [1.807, 2.05) is 6.20 Å². The van der Waals surface area contributed by atoms with Gasteiger partial charge in [0, 0.05) is 23.5 Å². The molecule has 0 N–H and O–H groups in total. The summed E-state index contributed by atoms with van der Waals surface area (Å²) in [6.45, 7) is 6.71. The molecule has 0 radical (unpaired) electrons. The second-order valence-corrected chi connectivity index (χ2v) is 5.86. The molecule has 0 bridgehead atoms. The number of imidazole rings is 1. The van der Waals surface area contributed by atoms with Crippen LogP contribution in [-0.4, -0.2) is 9.38 Å². The smallest absolute Gasteiger partial charge is 0.136 e. The van der Waals surface area contributed by atoms with Gasteiger partial charge in [-0.05, 0) is 30.4 Å². The van der Waals surface area contributed by atoms with Gasteiger partial charge >= 0.3 is 0 Å². The molecule has 0 amide bonds. The average Bonchev–Trinajstić information content (AvgIpc) is 2.95. The summed E-state index contributed by atoms with van der Waals surface area (Å²) >= 11 is 0. The molecule has 2 aromatic heterocycles. The van der Waals surface area contributed by atoms with E-state index in [-0.39, 0.29) is 5.41 Å². The van der Waals surface area contributed by atoms with E-state index in [1.165, 1.54) is 24.1 Å². The minimum atomic E-state index is 0.154. The fourth-order valence-corrected chi connectivity index (χ4v) is 2.21. The molecule has 0 aromatic carbocycles. The van der Waals surface area contributed by atoms with Gasteiger partial charge in [0.2, 0.25) is 0 Å². The summed E-state index contributed by atoms with van der Waals surface area (Å²) < 4.78 is 2.26. The monoisotopic (exact) mass is 214 g/mol. The number of rotatable bonds is 1. The largest absolute Gasteiger partial charge is 0.303 e. The molecule has 0 unspecified atom stereocenters. The van der Waals surface area contributed by atoms with Crippen LogP contribution >= 0.6 is 0 Å². The molecule has 1 fully saturated rings. The quantitative estimate of drug-likeness (QED) is 0.710. The third-order valence-corrected chi connectivity index (χ3v) is 3.35. The van der Waals surface area contributed by atoms with E-state index in [0.717, 1.165) is 11.6 Å². The van der Waals surface area contributed by atoms with Crippen LogP contribution < -0.4 is 0 Å². The Bertz CT molecular complexity index is 527. The van der Waals surface area contributed by atoms with Gasteiger partial charge in [0.15, 0.2) is 0 Å². The normalized spacial score (nSPS) is 16.9. The van der Waals surface area contributed by atoms with Gasteiger partial charge in [-0.2, -0.15) is 0 Å². The average molecular weight is 214 g/mol. The Morgan fingerprint density at radius 2 is 2.00 bits per heavy atom. The van der Waals surface area contributed by atoms with E-state index >= 15 is 0 Å². The first-order valence-electron chi connectivity index (χ1n) is 6.03. The molecule has 2 heterocycles. The van der Waals surface area contributed by atoms with Gasteiger partial charge in [-0.1, -0.05) is 26.8 Å². The third-order valence-electron chi connectivity index (χ3n) is 3.35. The van der Waals surface area contributed by atoms with E-state index in [9.17, 15) is 0 Å². The van der Waals surface area contributed by atoms with Gasteiger partial charge in [-0.3, -0.25) is 0 Å². The highest BCUT2D eigenvalue weighted by atomic mass is 15.0. The van der Waals surface area contributed by atoms with Gasteiger partial charge in [0.1, 0.15) is 5.65 Å². The standard InChI is InChI=1S/C14H18N2/c1-14(2,3)12-8-15-13-7-6-11(9-16(12)13)10-4-5-10/h6-10H,4-5H2,1-3H3. The molecule has 2 heteroatoms.